The van der Waals surface area contributed by atoms with Crippen molar-refractivity contribution in [2.75, 3.05) is 26.2 Å². The zero-order valence-electron chi connectivity index (χ0n) is 12.0. The van der Waals surface area contributed by atoms with E-state index in [4.69, 9.17) is 11.6 Å². The van der Waals surface area contributed by atoms with E-state index in [1.165, 1.54) is 0 Å². The van der Waals surface area contributed by atoms with Crippen LogP contribution in [0.2, 0.25) is 5.02 Å². The topological polar surface area (TPSA) is 15.3 Å². The average Bonchev–Trinajstić information content (AvgIpc) is 2.47. The quantitative estimate of drug-likeness (QED) is 0.834. The molecule has 0 radical (unpaired) electrons. The number of hydrogen-bond acceptors (Lipinski definition) is 2. The molecule has 0 aliphatic carbocycles. The normalized spacial score (nSPS) is 17.9. The van der Waals surface area contributed by atoms with Gasteiger partial charge in [-0.25, -0.2) is 4.39 Å². The van der Waals surface area contributed by atoms with Crippen LogP contribution in [0.15, 0.2) is 24.8 Å². The molecule has 20 heavy (non-hydrogen) atoms. The summed E-state index contributed by atoms with van der Waals surface area (Å²) >= 11 is 6.29. The highest BCUT2D eigenvalue weighted by Gasteiger charge is 2.26. The van der Waals surface area contributed by atoms with Crippen LogP contribution >= 0.6 is 11.6 Å². The van der Waals surface area contributed by atoms with E-state index in [2.05, 4.69) is 16.8 Å². The lowest BCUT2D eigenvalue weighted by atomic mass is 9.97. The van der Waals surface area contributed by atoms with Gasteiger partial charge in [0.2, 0.25) is 0 Å². The molecule has 2 rings (SSSR count). The van der Waals surface area contributed by atoms with Crippen LogP contribution in [0.3, 0.4) is 0 Å². The molecule has 1 heterocycles. The largest absolute Gasteiger partial charge is 0.314 e. The number of nitrogens with zero attached hydrogens (tertiary/aromatic N) is 1. The number of halogens is 2. The third kappa shape index (κ3) is 3.40. The van der Waals surface area contributed by atoms with E-state index in [9.17, 15) is 4.39 Å². The van der Waals surface area contributed by atoms with Gasteiger partial charge in [0, 0.05) is 42.8 Å². The third-order valence-electron chi connectivity index (χ3n) is 3.89. The van der Waals surface area contributed by atoms with Crippen LogP contribution in [0, 0.1) is 12.7 Å². The summed E-state index contributed by atoms with van der Waals surface area (Å²) in [6.45, 7) is 9.29. The van der Waals surface area contributed by atoms with Crippen molar-refractivity contribution in [3.8, 4) is 0 Å². The van der Waals surface area contributed by atoms with Crippen LogP contribution in [0.4, 0.5) is 4.39 Å². The van der Waals surface area contributed by atoms with Crippen molar-refractivity contribution in [3.05, 3.63) is 46.8 Å². The van der Waals surface area contributed by atoms with Crippen LogP contribution in [0.1, 0.15) is 30.0 Å². The molecule has 1 fully saturated rings. The predicted octanol–water partition coefficient (Wildman–Crippen LogP) is 3.70. The fraction of sp³-hybridized carbons (Fsp3) is 0.500. The highest BCUT2D eigenvalue weighted by molar-refractivity contribution is 6.31. The van der Waals surface area contributed by atoms with Gasteiger partial charge in [0.25, 0.3) is 0 Å². The molecule has 4 heteroatoms. The van der Waals surface area contributed by atoms with E-state index in [0.29, 0.717) is 16.1 Å². The van der Waals surface area contributed by atoms with Gasteiger partial charge in [0.1, 0.15) is 5.82 Å². The van der Waals surface area contributed by atoms with Gasteiger partial charge in [-0.3, -0.25) is 4.90 Å². The summed E-state index contributed by atoms with van der Waals surface area (Å²) in [5, 5.41) is 3.86. The number of aryl methyl sites for hydroxylation is 1. The Morgan fingerprint density at radius 3 is 2.80 bits per heavy atom. The van der Waals surface area contributed by atoms with Crippen molar-refractivity contribution in [2.24, 2.45) is 0 Å². The molecule has 1 saturated heterocycles. The third-order valence-corrected chi connectivity index (χ3v) is 4.22. The molecule has 1 aliphatic heterocycles. The van der Waals surface area contributed by atoms with E-state index in [1.807, 2.05) is 6.08 Å². The fourth-order valence-corrected chi connectivity index (χ4v) is 3.03. The van der Waals surface area contributed by atoms with Crippen molar-refractivity contribution in [2.45, 2.75) is 25.8 Å². The molecule has 110 valence electrons. The minimum absolute atomic E-state index is 0.0301. The van der Waals surface area contributed by atoms with E-state index in [-0.39, 0.29) is 11.9 Å². The Labute approximate surface area is 125 Å². The molecule has 0 spiro atoms. The van der Waals surface area contributed by atoms with Crippen molar-refractivity contribution in [3.63, 3.8) is 0 Å². The lowest BCUT2D eigenvalue weighted by Crippen LogP contribution is -2.45. The van der Waals surface area contributed by atoms with Crippen molar-refractivity contribution in [1.29, 1.82) is 0 Å². The number of nitrogens with one attached hydrogen (secondary N) is 1. The zero-order valence-corrected chi connectivity index (χ0v) is 12.7. The highest BCUT2D eigenvalue weighted by atomic mass is 35.5. The Balaban J connectivity index is 2.34. The molecular weight excluding hydrogens is 275 g/mol. The summed E-state index contributed by atoms with van der Waals surface area (Å²) in [6, 6.07) is 3.57. The number of hydrogen-bond donors (Lipinski definition) is 1. The van der Waals surface area contributed by atoms with Gasteiger partial charge in [-0.1, -0.05) is 23.7 Å². The maximum atomic E-state index is 14.5. The first-order valence-corrected chi connectivity index (χ1v) is 7.53. The smallest absolute Gasteiger partial charge is 0.132 e. The second kappa shape index (κ2) is 7.21. The van der Waals surface area contributed by atoms with Crippen molar-refractivity contribution < 1.29 is 4.39 Å². The number of piperazine rings is 1. The minimum atomic E-state index is -0.162. The van der Waals surface area contributed by atoms with Gasteiger partial charge in [-0.05, 0) is 31.4 Å². The summed E-state index contributed by atoms with van der Waals surface area (Å²) in [5.74, 6) is -0.162. The summed E-state index contributed by atoms with van der Waals surface area (Å²) < 4.78 is 14.5. The maximum Gasteiger partial charge on any atom is 0.132 e. The molecule has 1 N–H and O–H groups in total. The van der Waals surface area contributed by atoms with Gasteiger partial charge in [0.05, 0.1) is 0 Å². The average molecular weight is 297 g/mol. The molecule has 1 aliphatic rings. The van der Waals surface area contributed by atoms with Crippen LogP contribution in [-0.2, 0) is 0 Å². The first-order chi connectivity index (χ1) is 9.65. The Morgan fingerprint density at radius 1 is 1.45 bits per heavy atom. The standard InChI is InChI=1S/C16H22ClFN2/c1-3-4-5-14(20-10-8-19-9-11-20)15-13(17)7-6-12(2)16(15)18/h3,6-7,14,19H,1,4-5,8-11H2,2H3/t14-/m0/s1. The van der Waals surface area contributed by atoms with Gasteiger partial charge >= 0.3 is 0 Å². The predicted molar refractivity (Wildman–Crippen MR) is 82.8 cm³/mol. The van der Waals surface area contributed by atoms with Crippen molar-refractivity contribution >= 4 is 11.6 Å². The first kappa shape index (κ1) is 15.5. The molecule has 1 atom stereocenters. The Hall–Kier alpha value is -0.900. The second-order valence-electron chi connectivity index (χ2n) is 5.26. The Kier molecular flexibility index (Phi) is 5.58. The molecule has 0 amide bonds. The summed E-state index contributed by atoms with van der Waals surface area (Å²) in [5.41, 5.74) is 1.30. The highest BCUT2D eigenvalue weighted by Crippen LogP contribution is 2.34. The van der Waals surface area contributed by atoms with Gasteiger partial charge in [-0.15, -0.1) is 6.58 Å². The first-order valence-electron chi connectivity index (χ1n) is 7.15. The van der Waals surface area contributed by atoms with Gasteiger partial charge in [0.15, 0.2) is 0 Å². The Morgan fingerprint density at radius 2 is 2.15 bits per heavy atom. The zero-order chi connectivity index (χ0) is 14.5. The molecular formula is C16H22ClFN2. The molecule has 0 unspecified atom stereocenters. The van der Waals surface area contributed by atoms with Crippen molar-refractivity contribution in [1.82, 2.24) is 10.2 Å². The molecule has 0 bridgehead atoms. The van der Waals surface area contributed by atoms with Gasteiger partial charge in [-0.2, -0.15) is 0 Å². The number of benzene rings is 1. The number of allylic oxidation sites excluding steroid dienone is 1. The molecule has 2 nitrogen and oxygen atoms in total. The summed E-state index contributed by atoms with van der Waals surface area (Å²) in [7, 11) is 0. The van der Waals surface area contributed by atoms with E-state index >= 15 is 0 Å². The van der Waals surface area contributed by atoms with Crippen LogP contribution in [-0.4, -0.2) is 31.1 Å². The fourth-order valence-electron chi connectivity index (χ4n) is 2.76. The van der Waals surface area contributed by atoms with E-state index < -0.39 is 0 Å². The van der Waals surface area contributed by atoms with Crippen LogP contribution in [0.5, 0.6) is 0 Å². The van der Waals surface area contributed by atoms with Crippen LogP contribution < -0.4 is 5.32 Å². The molecule has 0 saturated carbocycles. The second-order valence-corrected chi connectivity index (χ2v) is 5.67. The summed E-state index contributed by atoms with van der Waals surface area (Å²) in [4.78, 5) is 2.32. The van der Waals surface area contributed by atoms with E-state index in [1.54, 1.807) is 19.1 Å². The Bertz CT molecular complexity index is 470. The van der Waals surface area contributed by atoms with Gasteiger partial charge < -0.3 is 5.32 Å². The van der Waals surface area contributed by atoms with Crippen LogP contribution in [0.25, 0.3) is 0 Å². The lowest BCUT2D eigenvalue weighted by Gasteiger charge is -2.36. The maximum absolute atomic E-state index is 14.5. The molecule has 1 aromatic carbocycles. The van der Waals surface area contributed by atoms with E-state index in [0.717, 1.165) is 39.0 Å². The SMILES string of the molecule is C=CCC[C@@H](c1c(Cl)ccc(C)c1F)N1CCNCC1. The molecule has 1 aromatic rings. The number of rotatable bonds is 5. The lowest BCUT2D eigenvalue weighted by molar-refractivity contribution is 0.163. The monoisotopic (exact) mass is 296 g/mol. The summed E-state index contributed by atoms with van der Waals surface area (Å²) in [6.07, 6.45) is 3.60. The minimum Gasteiger partial charge on any atom is -0.314 e. The molecule has 0 aromatic heterocycles.